The summed E-state index contributed by atoms with van der Waals surface area (Å²) >= 11 is 0. The Labute approximate surface area is 263 Å². The molecular weight excluding hydrogens is 604 g/mol. The molecule has 5 atom stereocenters. The summed E-state index contributed by atoms with van der Waals surface area (Å²) in [4.78, 5) is 59.1. The van der Waals surface area contributed by atoms with Gasteiger partial charge >= 0.3 is 29.8 Å². The summed E-state index contributed by atoms with van der Waals surface area (Å²) in [5, 5.41) is 37.0. The van der Waals surface area contributed by atoms with Crippen molar-refractivity contribution in [1.82, 2.24) is 10.2 Å². The van der Waals surface area contributed by atoms with Crippen molar-refractivity contribution in [1.29, 1.82) is 0 Å². The molecule has 0 amide bonds. The third kappa shape index (κ3) is 8.75. The van der Waals surface area contributed by atoms with E-state index < -0.39 is 79.1 Å². The number of carboxylic acids is 3. The maximum atomic E-state index is 12.0. The van der Waals surface area contributed by atoms with E-state index in [0.29, 0.717) is 11.1 Å². The van der Waals surface area contributed by atoms with E-state index in [1.165, 1.54) is 6.92 Å². The fraction of sp³-hybridized carbons (Fsp3) is 0.406. The van der Waals surface area contributed by atoms with Gasteiger partial charge in [-0.3, -0.25) is 24.0 Å². The molecule has 46 heavy (non-hydrogen) atoms. The number of rotatable bonds is 14. The molecule has 244 valence electrons. The van der Waals surface area contributed by atoms with Gasteiger partial charge in [0.2, 0.25) is 11.8 Å². The van der Waals surface area contributed by atoms with Crippen LogP contribution in [-0.2, 0) is 44.6 Å². The van der Waals surface area contributed by atoms with Crippen LogP contribution in [-0.4, -0.2) is 74.7 Å². The quantitative estimate of drug-likeness (QED) is 0.214. The molecule has 14 heteroatoms. The Hall–Kier alpha value is -5.11. The van der Waals surface area contributed by atoms with Gasteiger partial charge in [0.15, 0.2) is 0 Å². The number of carbonyl (C=O) groups excluding carboxylic acids is 2. The molecular formula is C32H34N2O12. The number of esters is 2. The highest BCUT2D eigenvalue weighted by molar-refractivity contribution is 5.72. The molecule has 1 saturated heterocycles. The molecule has 0 bridgehead atoms. The van der Waals surface area contributed by atoms with Crippen LogP contribution in [0.4, 0.5) is 0 Å². The highest BCUT2D eigenvalue weighted by Crippen LogP contribution is 2.48. The molecule has 2 heterocycles. The van der Waals surface area contributed by atoms with Gasteiger partial charge in [0.1, 0.15) is 13.0 Å². The summed E-state index contributed by atoms with van der Waals surface area (Å²) in [5.74, 6) is -7.13. The van der Waals surface area contributed by atoms with Crippen LogP contribution in [0.2, 0.25) is 0 Å². The Morgan fingerprint density at radius 3 is 2.04 bits per heavy atom. The Kier molecular flexibility index (Phi) is 11.2. The standard InChI is InChI=1S/C32H34N2O12/c1-3-43-30(42)15-26-33-34-32(46-26)19-9-7-18(8-10-19)20-5-4-6-21(11-20)31-24(14-29(40)41)22(12-27(36)37)23(13-28(38)39)25(45-31)16-44-17(2)35/h4-11,22-25,31H,3,12-16H2,1-2H3,(H,36,37)(H,38,39)(H,40,41)/t22-,23+,24+,25-,31-/m0/s1. The molecule has 3 aromatic rings. The molecule has 0 radical (unpaired) electrons. The Balaban J connectivity index is 1.65. The fourth-order valence-electron chi connectivity index (χ4n) is 5.82. The van der Waals surface area contributed by atoms with E-state index in [0.717, 1.165) is 11.1 Å². The maximum absolute atomic E-state index is 12.0. The number of hydrogen-bond acceptors (Lipinski definition) is 11. The lowest BCUT2D eigenvalue weighted by Crippen LogP contribution is -2.48. The smallest absolute Gasteiger partial charge is 0.315 e. The van der Waals surface area contributed by atoms with Gasteiger partial charge in [-0.05, 0) is 47.7 Å². The van der Waals surface area contributed by atoms with Crippen LogP contribution in [0.3, 0.4) is 0 Å². The van der Waals surface area contributed by atoms with E-state index in [-0.39, 0.29) is 31.4 Å². The molecule has 14 nitrogen and oxygen atoms in total. The summed E-state index contributed by atoms with van der Waals surface area (Å²) in [6.45, 7) is 2.79. The summed E-state index contributed by atoms with van der Waals surface area (Å²) < 4.78 is 22.0. The number of nitrogens with zero attached hydrogens (tertiary/aromatic N) is 2. The Bertz CT molecular complexity index is 1570. The van der Waals surface area contributed by atoms with Gasteiger partial charge in [-0.25, -0.2) is 0 Å². The Morgan fingerprint density at radius 2 is 1.41 bits per heavy atom. The van der Waals surface area contributed by atoms with Crippen molar-refractivity contribution in [2.45, 2.75) is 51.7 Å². The minimum absolute atomic E-state index is 0.118. The van der Waals surface area contributed by atoms with Gasteiger partial charge in [-0.2, -0.15) is 0 Å². The van der Waals surface area contributed by atoms with Gasteiger partial charge < -0.3 is 33.9 Å². The van der Waals surface area contributed by atoms with Crippen molar-refractivity contribution in [3.8, 4) is 22.6 Å². The summed E-state index contributed by atoms with van der Waals surface area (Å²) in [7, 11) is 0. The largest absolute Gasteiger partial charge is 0.481 e. The average molecular weight is 639 g/mol. The summed E-state index contributed by atoms with van der Waals surface area (Å²) in [6, 6.07) is 14.2. The zero-order valence-electron chi connectivity index (χ0n) is 25.2. The van der Waals surface area contributed by atoms with E-state index in [2.05, 4.69) is 10.2 Å². The van der Waals surface area contributed by atoms with Crippen LogP contribution in [0.15, 0.2) is 52.9 Å². The Morgan fingerprint density at radius 1 is 0.783 bits per heavy atom. The molecule has 0 aliphatic carbocycles. The van der Waals surface area contributed by atoms with Crippen LogP contribution < -0.4 is 0 Å². The zero-order chi connectivity index (χ0) is 33.4. The molecule has 0 unspecified atom stereocenters. The highest BCUT2D eigenvalue weighted by atomic mass is 16.6. The molecule has 2 aromatic carbocycles. The minimum atomic E-state index is -1.22. The van der Waals surface area contributed by atoms with Gasteiger partial charge in [-0.15, -0.1) is 10.2 Å². The molecule has 1 aliphatic heterocycles. The number of carbonyl (C=O) groups is 5. The van der Waals surface area contributed by atoms with E-state index >= 15 is 0 Å². The van der Waals surface area contributed by atoms with E-state index in [4.69, 9.17) is 18.6 Å². The monoisotopic (exact) mass is 638 g/mol. The molecule has 0 saturated carbocycles. The predicted octanol–water partition coefficient (Wildman–Crippen LogP) is 3.78. The molecule has 1 aromatic heterocycles. The van der Waals surface area contributed by atoms with Gasteiger partial charge in [-0.1, -0.05) is 30.3 Å². The second-order valence-corrected chi connectivity index (χ2v) is 10.9. The van der Waals surface area contributed by atoms with Gasteiger partial charge in [0.25, 0.3) is 0 Å². The van der Waals surface area contributed by atoms with Crippen molar-refractivity contribution in [3.63, 3.8) is 0 Å². The topological polar surface area (TPSA) is 213 Å². The maximum Gasteiger partial charge on any atom is 0.315 e. The molecule has 1 fully saturated rings. The van der Waals surface area contributed by atoms with Crippen LogP contribution in [0.5, 0.6) is 0 Å². The first-order valence-electron chi connectivity index (χ1n) is 14.6. The van der Waals surface area contributed by atoms with Crippen LogP contribution in [0.1, 0.15) is 50.7 Å². The highest BCUT2D eigenvalue weighted by Gasteiger charge is 2.48. The van der Waals surface area contributed by atoms with Gasteiger partial charge in [0, 0.05) is 30.7 Å². The first kappa shape index (κ1) is 33.8. The molecule has 4 rings (SSSR count). The minimum Gasteiger partial charge on any atom is -0.481 e. The van der Waals surface area contributed by atoms with Crippen molar-refractivity contribution in [2.24, 2.45) is 17.8 Å². The fourth-order valence-corrected chi connectivity index (χ4v) is 5.82. The summed E-state index contributed by atoms with van der Waals surface area (Å²) in [5.41, 5.74) is 2.65. The average Bonchev–Trinajstić information content (AvgIpc) is 3.46. The van der Waals surface area contributed by atoms with Gasteiger partial charge in [0.05, 0.1) is 31.7 Å². The van der Waals surface area contributed by atoms with Crippen LogP contribution in [0, 0.1) is 17.8 Å². The normalized spacial score (nSPS) is 20.9. The number of hydrogen-bond donors (Lipinski definition) is 3. The van der Waals surface area contributed by atoms with E-state index in [1.807, 2.05) is 6.07 Å². The second-order valence-electron chi connectivity index (χ2n) is 10.9. The first-order chi connectivity index (χ1) is 21.9. The number of aromatic nitrogens is 2. The van der Waals surface area contributed by atoms with Crippen LogP contribution in [0.25, 0.3) is 22.6 Å². The van der Waals surface area contributed by atoms with Crippen molar-refractivity contribution in [2.75, 3.05) is 13.2 Å². The van der Waals surface area contributed by atoms with Crippen LogP contribution >= 0.6 is 0 Å². The number of ether oxygens (including phenoxy) is 3. The molecule has 1 aliphatic rings. The first-order valence-corrected chi connectivity index (χ1v) is 14.6. The third-order valence-corrected chi connectivity index (χ3v) is 7.72. The SMILES string of the molecule is CCOC(=O)Cc1nnc(-c2ccc(-c3cccc([C@@H]4O[C@@H](COC(C)=O)[C@H](CC(=O)O)[C@H](CC(=O)O)[C@H]4CC(=O)O)c3)cc2)o1. The number of carboxylic acid groups (broad SMARTS) is 3. The lowest BCUT2D eigenvalue weighted by molar-refractivity contribution is -0.189. The lowest BCUT2D eigenvalue weighted by atomic mass is 9.68. The van der Waals surface area contributed by atoms with E-state index in [1.54, 1.807) is 49.4 Å². The second kappa shape index (κ2) is 15.3. The molecule has 0 spiro atoms. The number of aliphatic carboxylic acids is 3. The molecule has 3 N–H and O–H groups in total. The zero-order valence-corrected chi connectivity index (χ0v) is 25.2. The predicted molar refractivity (Wildman–Crippen MR) is 157 cm³/mol. The third-order valence-electron chi connectivity index (χ3n) is 7.72. The lowest BCUT2D eigenvalue weighted by Gasteiger charge is -2.46. The van der Waals surface area contributed by atoms with Crippen molar-refractivity contribution >= 4 is 29.8 Å². The van der Waals surface area contributed by atoms with Crippen molar-refractivity contribution < 1.29 is 57.9 Å². The number of benzene rings is 2. The van der Waals surface area contributed by atoms with Crippen molar-refractivity contribution in [3.05, 3.63) is 60.0 Å². The van der Waals surface area contributed by atoms with E-state index in [9.17, 15) is 39.3 Å². The summed E-state index contributed by atoms with van der Waals surface area (Å²) in [6.07, 6.45) is -3.55.